The molecule has 0 fully saturated rings. The first-order valence-electron chi connectivity index (χ1n) is 25.3. The number of unbranched alkanes of at least 4 members (excludes halogenated alkanes) is 30. The summed E-state index contributed by atoms with van der Waals surface area (Å²) in [6.07, 6.45) is 43.9. The van der Waals surface area contributed by atoms with E-state index in [0.717, 1.165) is 32.1 Å². The fourth-order valence-electron chi connectivity index (χ4n) is 7.30. The maximum atomic E-state index is 12.8. The minimum Gasteiger partial charge on any atom is -0.545 e. The van der Waals surface area contributed by atoms with E-state index in [2.05, 4.69) is 26.0 Å². The summed E-state index contributed by atoms with van der Waals surface area (Å²) in [5, 5.41) is 11.7. The molecule has 0 bridgehead atoms. The molecule has 354 valence electrons. The molecule has 0 aromatic heterocycles. The fraction of sp³-hybridized carbons (Fsp3) is 0.902. The Morgan fingerprint density at radius 3 is 1.23 bits per heavy atom. The number of hydrogen-bond acceptors (Lipinski definition) is 8. The first-order valence-corrected chi connectivity index (χ1v) is 25.3. The molecule has 0 N–H and O–H groups in total. The predicted octanol–water partition coefficient (Wildman–Crippen LogP) is 12.5. The zero-order valence-corrected chi connectivity index (χ0v) is 40.1. The fourth-order valence-corrected chi connectivity index (χ4v) is 7.30. The van der Waals surface area contributed by atoms with Gasteiger partial charge in [-0.15, -0.1) is 0 Å². The third kappa shape index (κ3) is 44.1. The van der Waals surface area contributed by atoms with Crippen LogP contribution in [0, 0.1) is 0 Å². The highest BCUT2D eigenvalue weighted by atomic mass is 16.7. The van der Waals surface area contributed by atoms with E-state index in [0.29, 0.717) is 23.9 Å². The van der Waals surface area contributed by atoms with Gasteiger partial charge in [0.25, 0.3) is 0 Å². The van der Waals surface area contributed by atoms with Gasteiger partial charge in [-0.2, -0.15) is 0 Å². The number of rotatable bonds is 47. The average Bonchev–Trinajstić information content (AvgIpc) is 3.21. The molecule has 0 saturated carbocycles. The molecular weight excluding hydrogens is 755 g/mol. The molecule has 0 aliphatic heterocycles. The number of carbonyl (C=O) groups is 3. The van der Waals surface area contributed by atoms with E-state index in [4.69, 9.17) is 18.9 Å². The van der Waals surface area contributed by atoms with E-state index in [9.17, 15) is 19.5 Å². The molecule has 0 radical (unpaired) electrons. The Hall–Kier alpha value is -1.97. The van der Waals surface area contributed by atoms with E-state index in [1.54, 1.807) is 0 Å². The van der Waals surface area contributed by atoms with Gasteiger partial charge in [-0.3, -0.25) is 9.59 Å². The Morgan fingerprint density at radius 2 is 0.850 bits per heavy atom. The summed E-state index contributed by atoms with van der Waals surface area (Å²) >= 11 is 0. The first kappa shape index (κ1) is 58.0. The van der Waals surface area contributed by atoms with Crippen molar-refractivity contribution in [3.63, 3.8) is 0 Å². The van der Waals surface area contributed by atoms with Gasteiger partial charge in [-0.1, -0.05) is 199 Å². The zero-order chi connectivity index (χ0) is 44.2. The van der Waals surface area contributed by atoms with Gasteiger partial charge in [0.2, 0.25) is 0 Å². The molecule has 60 heavy (non-hydrogen) atoms. The van der Waals surface area contributed by atoms with Gasteiger partial charge in [0.05, 0.1) is 40.3 Å². The van der Waals surface area contributed by atoms with Crippen LogP contribution in [0.25, 0.3) is 0 Å². The highest BCUT2D eigenvalue weighted by molar-refractivity contribution is 5.70. The van der Waals surface area contributed by atoms with Gasteiger partial charge in [-0.25, -0.2) is 0 Å². The summed E-state index contributed by atoms with van der Waals surface area (Å²) in [5.41, 5.74) is 0. The number of likely N-dealkylation sites (N-methyl/N-ethyl adjacent to an activating group) is 1. The van der Waals surface area contributed by atoms with Gasteiger partial charge in [-0.05, 0) is 38.5 Å². The van der Waals surface area contributed by atoms with E-state index in [1.165, 1.54) is 173 Å². The maximum absolute atomic E-state index is 12.8. The van der Waals surface area contributed by atoms with Crippen LogP contribution in [-0.4, -0.2) is 82.3 Å². The minimum absolute atomic E-state index is 0.151. The van der Waals surface area contributed by atoms with E-state index in [1.807, 2.05) is 21.1 Å². The molecule has 0 aromatic carbocycles. The van der Waals surface area contributed by atoms with Crippen molar-refractivity contribution in [2.45, 2.75) is 251 Å². The van der Waals surface area contributed by atoms with Crippen LogP contribution in [-0.2, 0) is 33.3 Å². The van der Waals surface area contributed by atoms with Crippen molar-refractivity contribution < 1.29 is 42.9 Å². The highest BCUT2D eigenvalue weighted by Gasteiger charge is 2.22. The van der Waals surface area contributed by atoms with Gasteiger partial charge >= 0.3 is 11.9 Å². The number of esters is 2. The normalized spacial score (nSPS) is 12.9. The summed E-state index contributed by atoms with van der Waals surface area (Å²) in [6, 6.07) is 0. The number of ether oxygens (including phenoxy) is 4. The molecule has 0 aromatic rings. The second-order valence-electron chi connectivity index (χ2n) is 18.5. The lowest BCUT2D eigenvalue weighted by molar-refractivity contribution is -0.870. The average molecular weight is 852 g/mol. The minimum atomic E-state index is -1.61. The number of aliphatic carboxylic acids is 1. The number of carboxylic acids is 1. The summed E-state index contributed by atoms with van der Waals surface area (Å²) in [6.45, 7) is 4.77. The molecule has 2 unspecified atom stereocenters. The van der Waals surface area contributed by atoms with Gasteiger partial charge in [0.15, 0.2) is 12.4 Å². The number of carboxylic acid groups (broad SMARTS) is 1. The third-order valence-electron chi connectivity index (χ3n) is 11.3. The lowest BCUT2D eigenvalue weighted by Crippen LogP contribution is -2.44. The Labute approximate surface area is 370 Å². The molecule has 0 heterocycles. The van der Waals surface area contributed by atoms with Crippen LogP contribution in [0.3, 0.4) is 0 Å². The van der Waals surface area contributed by atoms with Crippen molar-refractivity contribution in [2.24, 2.45) is 0 Å². The Bertz CT molecular complexity index is 996. The Kier molecular flexibility index (Phi) is 42.2. The smallest absolute Gasteiger partial charge is 0.306 e. The molecule has 0 saturated heterocycles. The van der Waals surface area contributed by atoms with Crippen LogP contribution >= 0.6 is 0 Å². The quantitative estimate of drug-likeness (QED) is 0.0196. The topological polar surface area (TPSA) is 111 Å². The van der Waals surface area contributed by atoms with E-state index in [-0.39, 0.29) is 32.2 Å². The molecule has 0 rings (SSSR count). The summed E-state index contributed by atoms with van der Waals surface area (Å²) in [5.74, 6) is -2.27. The van der Waals surface area contributed by atoms with Crippen molar-refractivity contribution >= 4 is 17.9 Å². The molecule has 2 atom stereocenters. The number of carbonyl (C=O) groups excluding carboxylic acids is 3. The van der Waals surface area contributed by atoms with E-state index < -0.39 is 24.3 Å². The second kappa shape index (κ2) is 43.7. The van der Waals surface area contributed by atoms with Gasteiger partial charge < -0.3 is 33.3 Å². The lowest BCUT2D eigenvalue weighted by Gasteiger charge is -2.26. The third-order valence-corrected chi connectivity index (χ3v) is 11.3. The molecule has 0 aliphatic rings. The molecule has 0 aliphatic carbocycles. The van der Waals surface area contributed by atoms with Crippen LogP contribution in [0.15, 0.2) is 12.2 Å². The Morgan fingerprint density at radius 1 is 0.483 bits per heavy atom. The summed E-state index contributed by atoms with van der Waals surface area (Å²) in [7, 11) is 5.92. The zero-order valence-electron chi connectivity index (χ0n) is 40.1. The molecule has 9 heteroatoms. The molecule has 0 spiro atoms. The number of hydrogen-bond donors (Lipinski definition) is 0. The molecular formula is C51H97NO8. The van der Waals surface area contributed by atoms with Crippen molar-refractivity contribution in [2.75, 3.05) is 47.5 Å². The van der Waals surface area contributed by atoms with E-state index >= 15 is 0 Å². The van der Waals surface area contributed by atoms with Gasteiger partial charge in [0.1, 0.15) is 13.2 Å². The van der Waals surface area contributed by atoms with Crippen molar-refractivity contribution in [3.05, 3.63) is 12.2 Å². The highest BCUT2D eigenvalue weighted by Crippen LogP contribution is 2.16. The van der Waals surface area contributed by atoms with Crippen LogP contribution in [0.2, 0.25) is 0 Å². The SMILES string of the molecule is CCCCCCCCCC/C=C\CCCCCCCCCCCCCC(=O)OC(COC(=O)CCCCCCCCCCCCCC)COC(OCC[N+](C)(C)C)C(=O)[O-]. The van der Waals surface area contributed by atoms with Crippen molar-refractivity contribution in [1.82, 2.24) is 0 Å². The first-order chi connectivity index (χ1) is 29.1. The number of quaternary nitrogens is 1. The second-order valence-corrected chi connectivity index (χ2v) is 18.5. The van der Waals surface area contributed by atoms with Crippen molar-refractivity contribution in [1.29, 1.82) is 0 Å². The van der Waals surface area contributed by atoms with Crippen molar-refractivity contribution in [3.8, 4) is 0 Å². The standard InChI is InChI=1S/C51H97NO8/c1-6-8-10-12-14-16-18-20-21-22-23-24-25-26-27-28-29-30-32-34-36-38-40-42-49(54)60-47(46-59-51(50(55)56)57-44-43-52(3,4)5)45-58-48(53)41-39-37-35-33-31-19-17-15-13-11-9-7-2/h22-23,47,51H,6-21,24-46H2,1-5H3/b23-22-. The van der Waals surface area contributed by atoms with Crippen LogP contribution in [0.1, 0.15) is 239 Å². The monoisotopic (exact) mass is 852 g/mol. The largest absolute Gasteiger partial charge is 0.545 e. The molecule has 0 amide bonds. The van der Waals surface area contributed by atoms with Crippen LogP contribution < -0.4 is 5.11 Å². The predicted molar refractivity (Wildman–Crippen MR) is 247 cm³/mol. The summed E-state index contributed by atoms with van der Waals surface area (Å²) < 4.78 is 22.6. The maximum Gasteiger partial charge on any atom is 0.306 e. The Balaban J connectivity index is 4.26. The number of nitrogens with zero attached hydrogens (tertiary/aromatic N) is 1. The number of allylic oxidation sites excluding steroid dienone is 2. The van der Waals surface area contributed by atoms with Crippen LogP contribution in [0.5, 0.6) is 0 Å². The van der Waals surface area contributed by atoms with Crippen LogP contribution in [0.4, 0.5) is 0 Å². The summed E-state index contributed by atoms with van der Waals surface area (Å²) in [4.78, 5) is 37.0. The van der Waals surface area contributed by atoms with Gasteiger partial charge in [0, 0.05) is 12.8 Å². The molecule has 9 nitrogen and oxygen atoms in total. The lowest BCUT2D eigenvalue weighted by atomic mass is 10.0.